The van der Waals surface area contributed by atoms with Crippen LogP contribution >= 0.6 is 23.2 Å². The molecule has 1 N–H and O–H groups in total. The topological polar surface area (TPSA) is 20.2 Å². The highest BCUT2D eigenvalue weighted by Gasteiger charge is 2.29. The third-order valence-electron chi connectivity index (χ3n) is 0.921. The minimum Gasteiger partial charge on any atom is -0.369 e. The summed E-state index contributed by atoms with van der Waals surface area (Å²) in [6.45, 7) is 0.443. The third kappa shape index (κ3) is 5.30. The summed E-state index contributed by atoms with van der Waals surface area (Å²) in [5, 5.41) is 8.01. The molecule has 2 nitrogen and oxygen atoms in total. The van der Waals surface area contributed by atoms with Crippen molar-refractivity contribution in [3.63, 3.8) is 0 Å². The lowest BCUT2D eigenvalue weighted by Crippen LogP contribution is -2.47. The molecule has 0 spiro atoms. The maximum absolute atomic E-state index is 9.28. The summed E-state index contributed by atoms with van der Waals surface area (Å²) in [4.78, 5) is 0. The Morgan fingerprint density at radius 2 is 1.80 bits per heavy atom. The average Bonchev–Trinajstić information content (AvgIpc) is 1.60. The maximum Gasteiger partial charge on any atom is 0.201 e. The quantitative estimate of drug-likeness (QED) is 0.513. The summed E-state index contributed by atoms with van der Waals surface area (Å²) in [6, 6.07) is 0. The van der Waals surface area contributed by atoms with Gasteiger partial charge in [0.1, 0.15) is 6.54 Å². The van der Waals surface area contributed by atoms with Gasteiger partial charge < -0.3 is 9.59 Å². The van der Waals surface area contributed by atoms with Crippen molar-refractivity contribution in [3.05, 3.63) is 0 Å². The van der Waals surface area contributed by atoms with Crippen molar-refractivity contribution in [2.75, 3.05) is 33.6 Å². The van der Waals surface area contributed by atoms with Crippen LogP contribution < -0.4 is 0 Å². The van der Waals surface area contributed by atoms with E-state index in [-0.39, 0.29) is 5.88 Å². The lowest BCUT2D eigenvalue weighted by atomic mass is 10.3. The lowest BCUT2D eigenvalue weighted by Gasteiger charge is -2.30. The minimum atomic E-state index is -1.26. The van der Waals surface area contributed by atoms with E-state index in [0.717, 1.165) is 0 Å². The normalized spacial score (nSPS) is 18.6. The first-order valence-electron chi connectivity index (χ1n) is 3.04. The van der Waals surface area contributed by atoms with Crippen LogP contribution in [-0.2, 0) is 0 Å². The summed E-state index contributed by atoms with van der Waals surface area (Å²) >= 11 is 11.0. The van der Waals surface area contributed by atoms with E-state index in [9.17, 15) is 5.11 Å². The van der Waals surface area contributed by atoms with Gasteiger partial charge in [0, 0.05) is 0 Å². The number of aliphatic hydroxyl groups is 1. The largest absolute Gasteiger partial charge is 0.369 e. The number of halogens is 2. The van der Waals surface area contributed by atoms with Gasteiger partial charge in [0.05, 0.1) is 27.0 Å². The fraction of sp³-hybridized carbons (Fsp3) is 1.00. The van der Waals surface area contributed by atoms with E-state index in [4.69, 9.17) is 23.2 Å². The van der Waals surface area contributed by atoms with Gasteiger partial charge in [-0.3, -0.25) is 0 Å². The van der Waals surface area contributed by atoms with Crippen LogP contribution in [0.4, 0.5) is 0 Å². The van der Waals surface area contributed by atoms with Gasteiger partial charge in [-0.1, -0.05) is 11.6 Å². The van der Waals surface area contributed by atoms with Crippen LogP contribution in [0.1, 0.15) is 0 Å². The Hall–Kier alpha value is 0.500. The number of quaternary nitrogens is 1. The SMILES string of the molecule is C[N+](C)(C)CC(O)(Cl)CCl. The monoisotopic (exact) mass is 186 g/mol. The van der Waals surface area contributed by atoms with Gasteiger partial charge in [0.25, 0.3) is 0 Å². The number of likely N-dealkylation sites (N-methyl/N-ethyl adjacent to an activating group) is 1. The highest BCUT2D eigenvalue weighted by Crippen LogP contribution is 2.15. The molecule has 4 heteroatoms. The molecule has 0 fully saturated rings. The second-order valence-corrected chi connectivity index (χ2v) is 4.47. The van der Waals surface area contributed by atoms with Crippen molar-refractivity contribution in [2.45, 2.75) is 5.06 Å². The van der Waals surface area contributed by atoms with E-state index in [1.165, 1.54) is 0 Å². The number of alkyl halides is 2. The summed E-state index contributed by atoms with van der Waals surface area (Å²) in [6.07, 6.45) is 0. The molecule has 0 saturated carbocycles. The van der Waals surface area contributed by atoms with Crippen molar-refractivity contribution >= 4 is 23.2 Å². The van der Waals surface area contributed by atoms with Crippen molar-refractivity contribution in [1.29, 1.82) is 0 Å². The van der Waals surface area contributed by atoms with E-state index in [1.807, 2.05) is 21.1 Å². The molecule has 0 heterocycles. The van der Waals surface area contributed by atoms with E-state index in [1.54, 1.807) is 0 Å². The molecular weight excluding hydrogens is 173 g/mol. The van der Waals surface area contributed by atoms with Crippen molar-refractivity contribution in [2.24, 2.45) is 0 Å². The average molecular weight is 187 g/mol. The standard InChI is InChI=1S/C6H14Cl2NO/c1-9(2,3)5-6(8,10)4-7/h10H,4-5H2,1-3H3/q+1. The second-order valence-electron chi connectivity index (χ2n) is 3.50. The van der Waals surface area contributed by atoms with E-state index in [2.05, 4.69) is 0 Å². The van der Waals surface area contributed by atoms with Crippen molar-refractivity contribution < 1.29 is 9.59 Å². The second kappa shape index (κ2) is 3.26. The molecule has 0 radical (unpaired) electrons. The Labute approximate surface area is 71.9 Å². The fourth-order valence-electron chi connectivity index (χ4n) is 0.769. The van der Waals surface area contributed by atoms with Crippen LogP contribution in [0.3, 0.4) is 0 Å². The number of hydrogen-bond acceptors (Lipinski definition) is 1. The Morgan fingerprint density at radius 1 is 1.40 bits per heavy atom. The highest BCUT2D eigenvalue weighted by atomic mass is 35.5. The van der Waals surface area contributed by atoms with E-state index >= 15 is 0 Å². The van der Waals surface area contributed by atoms with E-state index in [0.29, 0.717) is 11.0 Å². The predicted molar refractivity (Wildman–Crippen MR) is 44.4 cm³/mol. The van der Waals surface area contributed by atoms with Crippen molar-refractivity contribution in [3.8, 4) is 0 Å². The molecule has 0 aromatic carbocycles. The zero-order valence-electron chi connectivity index (χ0n) is 6.56. The first kappa shape index (κ1) is 10.5. The molecule has 0 saturated heterocycles. The molecule has 0 rings (SSSR count). The van der Waals surface area contributed by atoms with Gasteiger partial charge in [0.2, 0.25) is 5.06 Å². The van der Waals surface area contributed by atoms with Gasteiger partial charge in [-0.05, 0) is 0 Å². The minimum absolute atomic E-state index is 0.0596. The number of hydrogen-bond donors (Lipinski definition) is 1. The Bertz CT molecular complexity index is 109. The molecule has 0 aliphatic carbocycles. The molecule has 1 unspecified atom stereocenters. The molecule has 0 bridgehead atoms. The summed E-state index contributed by atoms with van der Waals surface area (Å²) < 4.78 is 0.604. The molecule has 10 heavy (non-hydrogen) atoms. The molecule has 0 aromatic heterocycles. The molecule has 62 valence electrons. The summed E-state index contributed by atoms with van der Waals surface area (Å²) in [5.41, 5.74) is 0. The van der Waals surface area contributed by atoms with Gasteiger partial charge in [-0.15, -0.1) is 11.6 Å². The fourth-order valence-corrected chi connectivity index (χ4v) is 1.21. The zero-order valence-corrected chi connectivity index (χ0v) is 8.08. The van der Waals surface area contributed by atoms with Crippen LogP contribution in [0.15, 0.2) is 0 Å². The molecule has 1 atom stereocenters. The van der Waals surface area contributed by atoms with Gasteiger partial charge in [-0.2, -0.15) is 0 Å². The van der Waals surface area contributed by atoms with Crippen molar-refractivity contribution in [1.82, 2.24) is 0 Å². The predicted octanol–water partition coefficient (Wildman–Crippen LogP) is 0.859. The van der Waals surface area contributed by atoms with Gasteiger partial charge >= 0.3 is 0 Å². The van der Waals surface area contributed by atoms with Crippen LogP contribution in [-0.4, -0.2) is 48.2 Å². The zero-order chi connectivity index (χ0) is 8.41. The summed E-state index contributed by atoms with van der Waals surface area (Å²) in [7, 11) is 5.83. The Kier molecular flexibility index (Phi) is 3.43. The number of rotatable bonds is 3. The van der Waals surface area contributed by atoms with Crippen LogP contribution in [0.2, 0.25) is 0 Å². The number of nitrogens with zero attached hydrogens (tertiary/aromatic N) is 1. The smallest absolute Gasteiger partial charge is 0.201 e. The van der Waals surface area contributed by atoms with Gasteiger partial charge in [-0.25, -0.2) is 0 Å². The molecule has 0 aliphatic rings. The first-order valence-corrected chi connectivity index (χ1v) is 3.96. The lowest BCUT2D eigenvalue weighted by molar-refractivity contribution is -0.874. The molecule has 0 aliphatic heterocycles. The maximum atomic E-state index is 9.28. The third-order valence-corrected chi connectivity index (χ3v) is 1.75. The van der Waals surface area contributed by atoms with Crippen LogP contribution in [0, 0.1) is 0 Å². The summed E-state index contributed by atoms with van der Waals surface area (Å²) in [5.74, 6) is 0.0596. The first-order chi connectivity index (χ1) is 4.27. The van der Waals surface area contributed by atoms with Gasteiger partial charge in [0.15, 0.2) is 0 Å². The molecule has 0 aromatic rings. The van der Waals surface area contributed by atoms with Crippen LogP contribution in [0.25, 0.3) is 0 Å². The molecular formula is C6H14Cl2NO+. The van der Waals surface area contributed by atoms with E-state index < -0.39 is 5.06 Å². The van der Waals surface area contributed by atoms with Crippen LogP contribution in [0.5, 0.6) is 0 Å². The highest BCUT2D eigenvalue weighted by molar-refractivity contribution is 6.29. The Morgan fingerprint density at radius 3 is 1.90 bits per heavy atom. The molecule has 0 amide bonds. The Balaban J connectivity index is 3.89.